The molecule has 4 heteroatoms. The van der Waals surface area contributed by atoms with Crippen LogP contribution in [0.15, 0.2) is 18.2 Å². The number of rotatable bonds is 5. The maximum atomic E-state index is 12.2. The molecule has 1 aromatic rings. The summed E-state index contributed by atoms with van der Waals surface area (Å²) in [6.07, 6.45) is 3.30. The number of likely N-dealkylation sites (N-methyl/N-ethyl adjacent to an activating group) is 1. The summed E-state index contributed by atoms with van der Waals surface area (Å²) < 4.78 is 5.30. The Morgan fingerprint density at radius 3 is 2.95 bits per heavy atom. The maximum absolute atomic E-state index is 12.2. The highest BCUT2D eigenvalue weighted by Gasteiger charge is 2.25. The summed E-state index contributed by atoms with van der Waals surface area (Å²) in [6.45, 7) is 4.68. The Labute approximate surface area is 127 Å². The third-order valence-corrected chi connectivity index (χ3v) is 4.34. The summed E-state index contributed by atoms with van der Waals surface area (Å²) in [7, 11) is 3.54. The zero-order valence-electron chi connectivity index (χ0n) is 13.5. The summed E-state index contributed by atoms with van der Waals surface area (Å²) in [5, 5.41) is 3.50. The van der Waals surface area contributed by atoms with Crippen LogP contribution in [0, 0.1) is 0 Å². The second kappa shape index (κ2) is 6.94. The zero-order chi connectivity index (χ0) is 15.4. The first kappa shape index (κ1) is 15.8. The Bertz CT molecular complexity index is 502. The number of carbonyl (C=O) groups is 1. The second-order valence-electron chi connectivity index (χ2n) is 5.75. The lowest BCUT2D eigenvalue weighted by Crippen LogP contribution is -2.45. The van der Waals surface area contributed by atoms with Gasteiger partial charge in [-0.05, 0) is 56.4 Å². The quantitative estimate of drug-likeness (QED) is 0.906. The van der Waals surface area contributed by atoms with Crippen LogP contribution < -0.4 is 10.1 Å². The molecule has 0 fully saturated rings. The van der Waals surface area contributed by atoms with Gasteiger partial charge in [-0.25, -0.2) is 0 Å². The van der Waals surface area contributed by atoms with Crippen LogP contribution in [-0.4, -0.2) is 37.6 Å². The van der Waals surface area contributed by atoms with E-state index in [1.807, 2.05) is 27.0 Å². The van der Waals surface area contributed by atoms with E-state index in [0.29, 0.717) is 0 Å². The number of nitrogens with zero attached hydrogens (tertiary/aromatic N) is 1. The lowest BCUT2D eigenvalue weighted by atomic mass is 9.87. The number of carbonyl (C=O) groups excluding carboxylic acids is 1. The van der Waals surface area contributed by atoms with Crippen LogP contribution >= 0.6 is 0 Å². The van der Waals surface area contributed by atoms with Crippen molar-refractivity contribution < 1.29 is 9.53 Å². The smallest absolute Gasteiger partial charge is 0.239 e. The van der Waals surface area contributed by atoms with E-state index in [4.69, 9.17) is 4.74 Å². The van der Waals surface area contributed by atoms with Crippen LogP contribution in [0.5, 0.6) is 5.75 Å². The van der Waals surface area contributed by atoms with Crippen molar-refractivity contribution in [3.8, 4) is 5.75 Å². The monoisotopic (exact) mass is 290 g/mol. The van der Waals surface area contributed by atoms with E-state index in [1.165, 1.54) is 11.1 Å². The number of ether oxygens (including phenoxy) is 1. The SMILES string of the molecule is CCN(C)C(=O)C(C)NC1CCCc2cc(OC)ccc21. The first-order valence-corrected chi connectivity index (χ1v) is 7.74. The van der Waals surface area contributed by atoms with E-state index in [0.717, 1.165) is 31.6 Å². The van der Waals surface area contributed by atoms with Crippen molar-refractivity contribution in [2.75, 3.05) is 20.7 Å². The standard InChI is InChI=1S/C17H26N2O2/c1-5-19(3)17(20)12(2)18-16-8-6-7-13-11-14(21-4)9-10-15(13)16/h9-12,16,18H,5-8H2,1-4H3. The number of hydrogen-bond donors (Lipinski definition) is 1. The summed E-state index contributed by atoms with van der Waals surface area (Å²) in [5.41, 5.74) is 2.64. The number of hydrogen-bond acceptors (Lipinski definition) is 3. The van der Waals surface area contributed by atoms with Crippen molar-refractivity contribution in [2.24, 2.45) is 0 Å². The van der Waals surface area contributed by atoms with Crippen LogP contribution in [0.3, 0.4) is 0 Å². The lowest BCUT2D eigenvalue weighted by Gasteiger charge is -2.30. The first-order chi connectivity index (χ1) is 10.1. The Balaban J connectivity index is 2.11. The van der Waals surface area contributed by atoms with Crippen molar-refractivity contribution in [3.63, 3.8) is 0 Å². The molecule has 0 bridgehead atoms. The molecule has 0 aliphatic heterocycles. The molecule has 2 atom stereocenters. The van der Waals surface area contributed by atoms with Gasteiger partial charge in [-0.2, -0.15) is 0 Å². The van der Waals surface area contributed by atoms with E-state index in [9.17, 15) is 4.79 Å². The molecular formula is C17H26N2O2. The summed E-state index contributed by atoms with van der Waals surface area (Å²) in [4.78, 5) is 14.0. The molecule has 116 valence electrons. The van der Waals surface area contributed by atoms with Crippen LogP contribution in [0.2, 0.25) is 0 Å². The molecule has 0 spiro atoms. The average Bonchev–Trinajstić information content (AvgIpc) is 2.52. The van der Waals surface area contributed by atoms with Gasteiger partial charge in [0.2, 0.25) is 5.91 Å². The third-order valence-electron chi connectivity index (χ3n) is 4.34. The van der Waals surface area contributed by atoms with E-state index in [1.54, 1.807) is 12.0 Å². The predicted octanol–water partition coefficient (Wildman–Crippen LogP) is 2.53. The molecule has 1 N–H and O–H groups in total. The van der Waals surface area contributed by atoms with E-state index >= 15 is 0 Å². The number of amides is 1. The molecule has 0 aromatic heterocycles. The Hall–Kier alpha value is -1.55. The predicted molar refractivity (Wildman–Crippen MR) is 84.6 cm³/mol. The number of nitrogens with one attached hydrogen (secondary N) is 1. The molecule has 0 heterocycles. The minimum absolute atomic E-state index is 0.151. The van der Waals surface area contributed by atoms with Crippen molar-refractivity contribution >= 4 is 5.91 Å². The Kier molecular flexibility index (Phi) is 5.23. The van der Waals surface area contributed by atoms with E-state index in [2.05, 4.69) is 17.4 Å². The minimum atomic E-state index is -0.159. The number of fused-ring (bicyclic) bond motifs is 1. The zero-order valence-corrected chi connectivity index (χ0v) is 13.5. The maximum Gasteiger partial charge on any atom is 0.239 e. The van der Waals surface area contributed by atoms with Gasteiger partial charge in [0.1, 0.15) is 5.75 Å². The molecule has 4 nitrogen and oxygen atoms in total. The van der Waals surface area contributed by atoms with E-state index < -0.39 is 0 Å². The fourth-order valence-corrected chi connectivity index (χ4v) is 2.95. The van der Waals surface area contributed by atoms with Crippen LogP contribution in [0.4, 0.5) is 0 Å². The molecular weight excluding hydrogens is 264 g/mol. The first-order valence-electron chi connectivity index (χ1n) is 7.74. The highest BCUT2D eigenvalue weighted by atomic mass is 16.5. The largest absolute Gasteiger partial charge is 0.497 e. The molecule has 0 saturated heterocycles. The molecule has 1 aliphatic rings. The van der Waals surface area contributed by atoms with Gasteiger partial charge in [-0.3, -0.25) is 10.1 Å². The van der Waals surface area contributed by atoms with Gasteiger partial charge < -0.3 is 9.64 Å². The van der Waals surface area contributed by atoms with Crippen LogP contribution in [-0.2, 0) is 11.2 Å². The number of benzene rings is 1. The molecule has 1 aromatic carbocycles. The van der Waals surface area contributed by atoms with Crippen molar-refractivity contribution in [3.05, 3.63) is 29.3 Å². The van der Waals surface area contributed by atoms with Gasteiger partial charge in [0.25, 0.3) is 0 Å². The fraction of sp³-hybridized carbons (Fsp3) is 0.588. The lowest BCUT2D eigenvalue weighted by molar-refractivity contribution is -0.131. The van der Waals surface area contributed by atoms with Gasteiger partial charge in [0, 0.05) is 19.6 Å². The molecule has 1 aliphatic carbocycles. The Morgan fingerprint density at radius 2 is 2.29 bits per heavy atom. The summed E-state index contributed by atoms with van der Waals surface area (Å²) in [6, 6.07) is 6.35. The van der Waals surface area contributed by atoms with Crippen molar-refractivity contribution in [1.29, 1.82) is 0 Å². The van der Waals surface area contributed by atoms with Gasteiger partial charge >= 0.3 is 0 Å². The van der Waals surface area contributed by atoms with E-state index in [-0.39, 0.29) is 18.0 Å². The van der Waals surface area contributed by atoms with Crippen LogP contribution in [0.1, 0.15) is 43.9 Å². The average molecular weight is 290 g/mol. The molecule has 0 radical (unpaired) electrons. The van der Waals surface area contributed by atoms with Crippen molar-refractivity contribution in [1.82, 2.24) is 10.2 Å². The second-order valence-corrected chi connectivity index (χ2v) is 5.75. The summed E-state index contributed by atoms with van der Waals surface area (Å²) in [5.74, 6) is 1.06. The molecule has 21 heavy (non-hydrogen) atoms. The van der Waals surface area contributed by atoms with Gasteiger partial charge in [0.15, 0.2) is 0 Å². The van der Waals surface area contributed by atoms with Gasteiger partial charge in [0.05, 0.1) is 13.2 Å². The highest BCUT2D eigenvalue weighted by molar-refractivity contribution is 5.81. The summed E-state index contributed by atoms with van der Waals surface area (Å²) >= 11 is 0. The highest BCUT2D eigenvalue weighted by Crippen LogP contribution is 2.32. The molecule has 0 saturated carbocycles. The molecule has 1 amide bonds. The Morgan fingerprint density at radius 1 is 1.52 bits per heavy atom. The van der Waals surface area contributed by atoms with Gasteiger partial charge in [-0.1, -0.05) is 6.07 Å². The molecule has 2 rings (SSSR count). The van der Waals surface area contributed by atoms with Crippen molar-refractivity contribution in [2.45, 2.75) is 45.2 Å². The van der Waals surface area contributed by atoms with Crippen LogP contribution in [0.25, 0.3) is 0 Å². The molecule has 2 unspecified atom stereocenters. The minimum Gasteiger partial charge on any atom is -0.497 e. The topological polar surface area (TPSA) is 41.6 Å². The van der Waals surface area contributed by atoms with Gasteiger partial charge in [-0.15, -0.1) is 0 Å². The normalized spacial score (nSPS) is 18.8. The fourth-order valence-electron chi connectivity index (χ4n) is 2.95. The third kappa shape index (κ3) is 3.56. The number of aryl methyl sites for hydroxylation is 1. The number of methoxy groups -OCH3 is 1.